The number of fused-ring (bicyclic) bond motifs is 1. The molecular formula is C18H26Cl2N2O. The summed E-state index contributed by atoms with van der Waals surface area (Å²) in [6.45, 7) is 4.38. The lowest BCUT2D eigenvalue weighted by Crippen LogP contribution is -2.36. The molecule has 23 heavy (non-hydrogen) atoms. The molecule has 1 aliphatic heterocycles. The fraction of sp³-hybridized carbons (Fsp3) is 0.611. The molecule has 3 rings (SSSR count). The molecule has 5 heteroatoms. The summed E-state index contributed by atoms with van der Waals surface area (Å²) in [6.07, 6.45) is 5.01. The first-order valence-corrected chi connectivity index (χ1v) is 8.80. The van der Waals surface area contributed by atoms with Gasteiger partial charge < -0.3 is 10.6 Å². The van der Waals surface area contributed by atoms with E-state index < -0.39 is 0 Å². The number of rotatable bonds is 4. The number of piperidine rings is 1. The van der Waals surface area contributed by atoms with Crippen LogP contribution in [0.25, 0.3) is 0 Å². The van der Waals surface area contributed by atoms with Gasteiger partial charge in [-0.3, -0.25) is 4.79 Å². The lowest BCUT2D eigenvalue weighted by molar-refractivity contribution is -0.123. The van der Waals surface area contributed by atoms with Gasteiger partial charge in [-0.25, -0.2) is 0 Å². The summed E-state index contributed by atoms with van der Waals surface area (Å²) in [5, 5.41) is 7.48. The van der Waals surface area contributed by atoms with Crippen molar-refractivity contribution in [2.45, 2.75) is 45.1 Å². The number of benzene rings is 1. The molecule has 3 nitrogen and oxygen atoms in total. The molecule has 1 fully saturated rings. The summed E-state index contributed by atoms with van der Waals surface area (Å²) in [4.78, 5) is 12.4. The minimum absolute atomic E-state index is 0. The molecule has 1 aromatic rings. The van der Waals surface area contributed by atoms with Crippen LogP contribution < -0.4 is 10.6 Å². The number of nitrogens with one attached hydrogen (secondary N) is 2. The van der Waals surface area contributed by atoms with Crippen LogP contribution in [0.3, 0.4) is 0 Å². The summed E-state index contributed by atoms with van der Waals surface area (Å²) in [6, 6.07) is 6.14. The molecule has 2 N–H and O–H groups in total. The van der Waals surface area contributed by atoms with Gasteiger partial charge in [0.2, 0.25) is 5.91 Å². The zero-order valence-corrected chi connectivity index (χ0v) is 15.2. The van der Waals surface area contributed by atoms with E-state index in [0.717, 1.165) is 31.0 Å². The zero-order valence-electron chi connectivity index (χ0n) is 13.6. The summed E-state index contributed by atoms with van der Waals surface area (Å²) in [5.74, 6) is 1.24. The normalized spacial score (nSPS) is 24.4. The van der Waals surface area contributed by atoms with E-state index in [0.29, 0.717) is 18.3 Å². The molecule has 2 aliphatic rings. The lowest BCUT2D eigenvalue weighted by atomic mass is 9.85. The van der Waals surface area contributed by atoms with Crippen molar-refractivity contribution in [3.05, 3.63) is 34.3 Å². The van der Waals surface area contributed by atoms with Crippen molar-refractivity contribution in [2.24, 2.45) is 11.8 Å². The van der Waals surface area contributed by atoms with E-state index in [1.807, 2.05) is 12.1 Å². The lowest BCUT2D eigenvalue weighted by Gasteiger charge is -2.28. The second kappa shape index (κ2) is 8.36. The highest BCUT2D eigenvalue weighted by atomic mass is 35.5. The van der Waals surface area contributed by atoms with Crippen molar-refractivity contribution in [2.75, 3.05) is 13.1 Å². The number of hydrogen-bond acceptors (Lipinski definition) is 2. The summed E-state index contributed by atoms with van der Waals surface area (Å²) in [5.41, 5.74) is 2.41. The van der Waals surface area contributed by atoms with E-state index in [1.54, 1.807) is 0 Å². The van der Waals surface area contributed by atoms with Crippen LogP contribution in [0, 0.1) is 11.8 Å². The third-order valence-corrected chi connectivity index (χ3v) is 5.55. The first-order chi connectivity index (χ1) is 10.6. The molecule has 1 amide bonds. The van der Waals surface area contributed by atoms with Crippen LogP contribution >= 0.6 is 24.0 Å². The molecule has 1 aromatic carbocycles. The van der Waals surface area contributed by atoms with Crippen molar-refractivity contribution < 1.29 is 4.79 Å². The molecule has 0 radical (unpaired) electrons. The van der Waals surface area contributed by atoms with Gasteiger partial charge in [-0.1, -0.05) is 30.7 Å². The van der Waals surface area contributed by atoms with Crippen LogP contribution in [0.15, 0.2) is 18.2 Å². The molecule has 3 unspecified atom stereocenters. The quantitative estimate of drug-likeness (QED) is 0.858. The van der Waals surface area contributed by atoms with E-state index in [2.05, 4.69) is 23.6 Å². The predicted molar refractivity (Wildman–Crippen MR) is 97.3 cm³/mol. The van der Waals surface area contributed by atoms with Crippen LogP contribution in [0.1, 0.15) is 49.8 Å². The summed E-state index contributed by atoms with van der Waals surface area (Å²) < 4.78 is 0. The highest BCUT2D eigenvalue weighted by molar-refractivity contribution is 6.31. The molecule has 1 saturated heterocycles. The third-order valence-electron chi connectivity index (χ3n) is 5.20. The molecule has 0 aromatic heterocycles. The van der Waals surface area contributed by atoms with Gasteiger partial charge in [0.1, 0.15) is 0 Å². The number of carbonyl (C=O) groups excluding carboxylic acids is 1. The van der Waals surface area contributed by atoms with E-state index >= 15 is 0 Å². The van der Waals surface area contributed by atoms with Crippen LogP contribution in [0.4, 0.5) is 0 Å². The molecule has 0 bridgehead atoms. The Balaban J connectivity index is 0.00000192. The molecule has 3 atom stereocenters. The number of amides is 1. The second-order valence-corrected chi connectivity index (χ2v) is 7.16. The van der Waals surface area contributed by atoms with Gasteiger partial charge in [0, 0.05) is 11.4 Å². The van der Waals surface area contributed by atoms with Crippen molar-refractivity contribution in [3.8, 4) is 0 Å². The van der Waals surface area contributed by atoms with Crippen LogP contribution in [0.2, 0.25) is 5.02 Å². The fourth-order valence-electron chi connectivity index (χ4n) is 3.84. The first kappa shape index (κ1) is 18.6. The molecule has 1 heterocycles. The standard InChI is InChI=1S/C18H25ClN2O.ClH/c1-12(13-4-3-9-20-11-13)10-18(22)21-17-8-7-14-15(17)5-2-6-16(14)19;/h2,5-6,12-13,17,20H,3-4,7-11H2,1H3,(H,21,22);1H. The smallest absolute Gasteiger partial charge is 0.220 e. The van der Waals surface area contributed by atoms with E-state index in [4.69, 9.17) is 11.6 Å². The Hall–Kier alpha value is -0.770. The topological polar surface area (TPSA) is 41.1 Å². The number of halogens is 2. The van der Waals surface area contributed by atoms with E-state index in [1.165, 1.54) is 24.0 Å². The Labute approximate surface area is 150 Å². The maximum atomic E-state index is 12.4. The minimum atomic E-state index is 0. The Morgan fingerprint density at radius 3 is 3.00 bits per heavy atom. The van der Waals surface area contributed by atoms with Gasteiger partial charge in [-0.15, -0.1) is 12.4 Å². The highest BCUT2D eigenvalue weighted by Gasteiger charge is 2.27. The predicted octanol–water partition coefficient (Wildman–Crippen LogP) is 3.89. The van der Waals surface area contributed by atoms with Crippen LogP contribution in [-0.4, -0.2) is 19.0 Å². The Morgan fingerprint density at radius 1 is 1.43 bits per heavy atom. The molecule has 128 valence electrons. The van der Waals surface area contributed by atoms with Gasteiger partial charge in [0.05, 0.1) is 6.04 Å². The average molecular weight is 357 g/mol. The SMILES string of the molecule is CC(CC(=O)NC1CCc2c(Cl)cccc21)C1CCCNC1.Cl. The fourth-order valence-corrected chi connectivity index (χ4v) is 4.11. The van der Waals surface area contributed by atoms with Gasteiger partial charge in [-0.05, 0) is 67.8 Å². The first-order valence-electron chi connectivity index (χ1n) is 8.42. The Bertz CT molecular complexity index is 544. The highest BCUT2D eigenvalue weighted by Crippen LogP contribution is 2.35. The summed E-state index contributed by atoms with van der Waals surface area (Å²) >= 11 is 6.24. The number of hydrogen-bond donors (Lipinski definition) is 2. The average Bonchev–Trinajstić information content (AvgIpc) is 2.92. The van der Waals surface area contributed by atoms with E-state index in [9.17, 15) is 4.79 Å². The largest absolute Gasteiger partial charge is 0.349 e. The van der Waals surface area contributed by atoms with Gasteiger partial charge in [-0.2, -0.15) is 0 Å². The van der Waals surface area contributed by atoms with Crippen molar-refractivity contribution in [1.29, 1.82) is 0 Å². The number of carbonyl (C=O) groups is 1. The van der Waals surface area contributed by atoms with Crippen molar-refractivity contribution >= 4 is 29.9 Å². The van der Waals surface area contributed by atoms with Gasteiger partial charge in [0.15, 0.2) is 0 Å². The molecule has 1 aliphatic carbocycles. The van der Waals surface area contributed by atoms with Crippen LogP contribution in [-0.2, 0) is 11.2 Å². The molecular weight excluding hydrogens is 331 g/mol. The van der Waals surface area contributed by atoms with Gasteiger partial charge in [0.25, 0.3) is 0 Å². The van der Waals surface area contributed by atoms with Crippen molar-refractivity contribution in [1.82, 2.24) is 10.6 Å². The Kier molecular flexibility index (Phi) is 6.75. The maximum Gasteiger partial charge on any atom is 0.220 e. The third kappa shape index (κ3) is 4.40. The van der Waals surface area contributed by atoms with Crippen molar-refractivity contribution in [3.63, 3.8) is 0 Å². The monoisotopic (exact) mass is 356 g/mol. The summed E-state index contributed by atoms with van der Waals surface area (Å²) in [7, 11) is 0. The van der Waals surface area contributed by atoms with Crippen LogP contribution in [0.5, 0.6) is 0 Å². The minimum Gasteiger partial charge on any atom is -0.349 e. The van der Waals surface area contributed by atoms with Gasteiger partial charge >= 0.3 is 0 Å². The maximum absolute atomic E-state index is 12.4. The Morgan fingerprint density at radius 2 is 2.26 bits per heavy atom. The zero-order chi connectivity index (χ0) is 15.5. The molecule has 0 saturated carbocycles. The second-order valence-electron chi connectivity index (χ2n) is 6.75. The van der Waals surface area contributed by atoms with E-state index in [-0.39, 0.29) is 24.4 Å². The molecule has 0 spiro atoms.